The molecule has 0 aromatic heterocycles. The predicted octanol–water partition coefficient (Wildman–Crippen LogP) is 3.06. The minimum Gasteiger partial charge on any atom is -0.376 e. The highest BCUT2D eigenvalue weighted by Crippen LogP contribution is 2.14. The van der Waals surface area contributed by atoms with Crippen LogP contribution in [0.25, 0.3) is 0 Å². The van der Waals surface area contributed by atoms with Gasteiger partial charge in [-0.1, -0.05) is 36.4 Å². The summed E-state index contributed by atoms with van der Waals surface area (Å²) in [6.45, 7) is 8.99. The molecule has 0 bridgehead atoms. The average molecular weight is 337 g/mol. The van der Waals surface area contributed by atoms with Crippen LogP contribution < -0.4 is 5.32 Å². The highest BCUT2D eigenvalue weighted by atomic mass is 16.2. The molecule has 25 heavy (non-hydrogen) atoms. The summed E-state index contributed by atoms with van der Waals surface area (Å²) in [5, 5.41) is 3.26. The number of nitrogens with zero attached hydrogens (tertiary/aromatic N) is 2. The van der Waals surface area contributed by atoms with Crippen molar-refractivity contribution in [1.82, 2.24) is 9.80 Å². The fraction of sp³-hybridized carbons (Fsp3) is 0.381. The molecule has 0 unspecified atom stereocenters. The summed E-state index contributed by atoms with van der Waals surface area (Å²) in [6.07, 6.45) is 0. The number of carbonyl (C=O) groups excluding carboxylic acids is 1. The molecule has 1 N–H and O–H groups in total. The molecule has 0 aliphatic carbocycles. The summed E-state index contributed by atoms with van der Waals surface area (Å²) in [7, 11) is 0. The van der Waals surface area contributed by atoms with Gasteiger partial charge >= 0.3 is 0 Å². The molecule has 1 aliphatic rings. The standard InChI is InChI=1S/C21H27N3O/c1-17-8-9-20(14-18(17)2)22-15-21(25)24-12-10-23(11-13-24)16-19-6-4-3-5-7-19/h3-9,14,22H,10-13,15-16H2,1-2H3. The van der Waals surface area contributed by atoms with Gasteiger partial charge in [-0.2, -0.15) is 0 Å². The van der Waals surface area contributed by atoms with Gasteiger partial charge in [-0.15, -0.1) is 0 Å². The Hall–Kier alpha value is -2.33. The molecule has 1 heterocycles. The minimum absolute atomic E-state index is 0.178. The van der Waals surface area contributed by atoms with Gasteiger partial charge in [-0.3, -0.25) is 9.69 Å². The third-order valence-corrected chi connectivity index (χ3v) is 4.92. The Morgan fingerprint density at radius 2 is 1.68 bits per heavy atom. The van der Waals surface area contributed by atoms with Crippen LogP contribution >= 0.6 is 0 Å². The van der Waals surface area contributed by atoms with E-state index < -0.39 is 0 Å². The summed E-state index contributed by atoms with van der Waals surface area (Å²) in [4.78, 5) is 16.8. The Bertz CT molecular complexity index is 706. The number of aryl methyl sites for hydroxylation is 2. The summed E-state index contributed by atoms with van der Waals surface area (Å²) in [6, 6.07) is 16.7. The largest absolute Gasteiger partial charge is 0.376 e. The van der Waals surface area contributed by atoms with Crippen LogP contribution in [0, 0.1) is 13.8 Å². The van der Waals surface area contributed by atoms with Crippen LogP contribution in [-0.4, -0.2) is 48.4 Å². The Morgan fingerprint density at radius 3 is 2.36 bits per heavy atom. The monoisotopic (exact) mass is 337 g/mol. The third kappa shape index (κ3) is 4.83. The number of benzene rings is 2. The van der Waals surface area contributed by atoms with Crippen LogP contribution in [0.1, 0.15) is 16.7 Å². The second-order valence-corrected chi connectivity index (χ2v) is 6.80. The third-order valence-electron chi connectivity index (χ3n) is 4.92. The molecule has 0 atom stereocenters. The van der Waals surface area contributed by atoms with Crippen molar-refractivity contribution in [3.63, 3.8) is 0 Å². The second kappa shape index (κ2) is 8.17. The van der Waals surface area contributed by atoms with E-state index >= 15 is 0 Å². The van der Waals surface area contributed by atoms with Crippen molar-refractivity contribution >= 4 is 11.6 Å². The molecule has 2 aromatic rings. The lowest BCUT2D eigenvalue weighted by molar-refractivity contribution is -0.131. The van der Waals surface area contributed by atoms with E-state index in [1.165, 1.54) is 16.7 Å². The van der Waals surface area contributed by atoms with Gasteiger partial charge in [0.2, 0.25) is 5.91 Å². The highest BCUT2D eigenvalue weighted by molar-refractivity contribution is 5.81. The number of nitrogens with one attached hydrogen (secondary N) is 1. The van der Waals surface area contributed by atoms with E-state index in [9.17, 15) is 4.79 Å². The average Bonchev–Trinajstić information content (AvgIpc) is 2.64. The highest BCUT2D eigenvalue weighted by Gasteiger charge is 2.20. The van der Waals surface area contributed by atoms with E-state index in [-0.39, 0.29) is 5.91 Å². The van der Waals surface area contributed by atoms with E-state index in [0.717, 1.165) is 38.4 Å². The zero-order valence-corrected chi connectivity index (χ0v) is 15.2. The number of anilines is 1. The smallest absolute Gasteiger partial charge is 0.241 e. The Morgan fingerprint density at radius 1 is 0.960 bits per heavy atom. The lowest BCUT2D eigenvalue weighted by atomic mass is 10.1. The molecule has 1 saturated heterocycles. The Kier molecular flexibility index (Phi) is 5.71. The summed E-state index contributed by atoms with van der Waals surface area (Å²) >= 11 is 0. The molecular formula is C21H27N3O. The van der Waals surface area contributed by atoms with Crippen molar-refractivity contribution in [2.24, 2.45) is 0 Å². The zero-order valence-electron chi connectivity index (χ0n) is 15.2. The molecule has 1 amide bonds. The first kappa shape index (κ1) is 17.5. The van der Waals surface area contributed by atoms with Crippen molar-refractivity contribution in [2.75, 3.05) is 38.0 Å². The number of rotatable bonds is 5. The van der Waals surface area contributed by atoms with Crippen LogP contribution in [0.15, 0.2) is 48.5 Å². The molecule has 0 saturated carbocycles. The maximum atomic E-state index is 12.4. The Balaban J connectivity index is 1.44. The Labute approximate surface area is 150 Å². The van der Waals surface area contributed by atoms with E-state index in [1.54, 1.807) is 0 Å². The molecule has 3 rings (SSSR count). The van der Waals surface area contributed by atoms with Crippen LogP contribution in [-0.2, 0) is 11.3 Å². The van der Waals surface area contributed by atoms with Gasteiger partial charge in [0.15, 0.2) is 0 Å². The normalized spacial score (nSPS) is 15.2. The van der Waals surface area contributed by atoms with Gasteiger partial charge in [0.05, 0.1) is 6.54 Å². The molecule has 4 heteroatoms. The number of carbonyl (C=O) groups is 1. The number of piperazine rings is 1. The zero-order chi connectivity index (χ0) is 17.6. The second-order valence-electron chi connectivity index (χ2n) is 6.80. The van der Waals surface area contributed by atoms with Crippen molar-refractivity contribution < 1.29 is 4.79 Å². The van der Waals surface area contributed by atoms with E-state index in [1.807, 2.05) is 17.0 Å². The van der Waals surface area contributed by atoms with Crippen LogP contribution in [0.4, 0.5) is 5.69 Å². The number of hydrogen-bond donors (Lipinski definition) is 1. The number of hydrogen-bond acceptors (Lipinski definition) is 3. The van der Waals surface area contributed by atoms with Crippen molar-refractivity contribution in [2.45, 2.75) is 20.4 Å². The maximum Gasteiger partial charge on any atom is 0.241 e. The molecular weight excluding hydrogens is 310 g/mol. The number of amides is 1. The van der Waals surface area contributed by atoms with Crippen LogP contribution in [0.3, 0.4) is 0 Å². The first-order valence-electron chi connectivity index (χ1n) is 8.97. The van der Waals surface area contributed by atoms with E-state index in [4.69, 9.17) is 0 Å². The van der Waals surface area contributed by atoms with Gasteiger partial charge in [-0.05, 0) is 42.7 Å². The van der Waals surface area contributed by atoms with Crippen LogP contribution in [0.2, 0.25) is 0 Å². The first-order valence-corrected chi connectivity index (χ1v) is 8.97. The minimum atomic E-state index is 0.178. The lowest BCUT2D eigenvalue weighted by Crippen LogP contribution is -2.49. The molecule has 132 valence electrons. The molecule has 0 radical (unpaired) electrons. The summed E-state index contributed by atoms with van der Waals surface area (Å²) in [5.74, 6) is 0.178. The summed E-state index contributed by atoms with van der Waals surface area (Å²) in [5.41, 5.74) is 4.86. The SMILES string of the molecule is Cc1ccc(NCC(=O)N2CCN(Cc3ccccc3)CC2)cc1C. The van der Waals surface area contributed by atoms with Crippen molar-refractivity contribution in [3.05, 3.63) is 65.2 Å². The van der Waals surface area contributed by atoms with Gasteiger partial charge in [-0.25, -0.2) is 0 Å². The fourth-order valence-corrected chi connectivity index (χ4v) is 3.14. The van der Waals surface area contributed by atoms with Gasteiger partial charge in [0, 0.05) is 38.4 Å². The quantitative estimate of drug-likeness (QED) is 0.911. The first-order chi connectivity index (χ1) is 12.1. The predicted molar refractivity (Wildman–Crippen MR) is 103 cm³/mol. The van der Waals surface area contributed by atoms with Crippen LogP contribution in [0.5, 0.6) is 0 Å². The van der Waals surface area contributed by atoms with E-state index in [2.05, 4.69) is 60.5 Å². The maximum absolute atomic E-state index is 12.4. The molecule has 2 aromatic carbocycles. The van der Waals surface area contributed by atoms with Gasteiger partial charge < -0.3 is 10.2 Å². The lowest BCUT2D eigenvalue weighted by Gasteiger charge is -2.34. The van der Waals surface area contributed by atoms with Crippen molar-refractivity contribution in [1.29, 1.82) is 0 Å². The van der Waals surface area contributed by atoms with Gasteiger partial charge in [0.1, 0.15) is 0 Å². The van der Waals surface area contributed by atoms with E-state index in [0.29, 0.717) is 6.54 Å². The fourth-order valence-electron chi connectivity index (χ4n) is 3.14. The summed E-state index contributed by atoms with van der Waals surface area (Å²) < 4.78 is 0. The van der Waals surface area contributed by atoms with Gasteiger partial charge in [0.25, 0.3) is 0 Å². The topological polar surface area (TPSA) is 35.6 Å². The molecule has 4 nitrogen and oxygen atoms in total. The molecule has 1 fully saturated rings. The molecule has 0 spiro atoms. The van der Waals surface area contributed by atoms with Crippen molar-refractivity contribution in [3.8, 4) is 0 Å². The molecule has 1 aliphatic heterocycles.